The van der Waals surface area contributed by atoms with Gasteiger partial charge in [0.15, 0.2) is 0 Å². The fourth-order valence-electron chi connectivity index (χ4n) is 3.79. The van der Waals surface area contributed by atoms with Gasteiger partial charge in [0, 0.05) is 44.6 Å². The summed E-state index contributed by atoms with van der Waals surface area (Å²) in [5.41, 5.74) is 0. The highest BCUT2D eigenvalue weighted by Crippen LogP contribution is 2.26. The zero-order valence-electron chi connectivity index (χ0n) is 12.6. The van der Waals surface area contributed by atoms with Gasteiger partial charge in [0.2, 0.25) is 0 Å². The third kappa shape index (κ3) is 3.39. The maximum absolute atomic E-state index is 12.8. The van der Waals surface area contributed by atoms with Crippen molar-refractivity contribution in [1.82, 2.24) is 13.5 Å². The van der Waals surface area contributed by atoms with E-state index >= 15 is 0 Å². The lowest BCUT2D eigenvalue weighted by Gasteiger charge is -2.45. The summed E-state index contributed by atoms with van der Waals surface area (Å²) in [5, 5.41) is 0. The lowest BCUT2D eigenvalue weighted by atomic mass is 10.0. The molecule has 122 valence electrons. The number of halogens is 1. The predicted octanol–water partition coefficient (Wildman–Crippen LogP) is 1.35. The van der Waals surface area contributed by atoms with Crippen LogP contribution >= 0.6 is 11.6 Å². The van der Waals surface area contributed by atoms with Crippen LogP contribution in [0.2, 0.25) is 0 Å². The number of alkyl halides is 1. The van der Waals surface area contributed by atoms with Crippen molar-refractivity contribution in [1.29, 1.82) is 0 Å². The maximum atomic E-state index is 12.8. The van der Waals surface area contributed by atoms with Gasteiger partial charge in [-0.25, -0.2) is 0 Å². The lowest BCUT2D eigenvalue weighted by Crippen LogP contribution is -2.59. The largest absolute Gasteiger partial charge is 0.298 e. The van der Waals surface area contributed by atoms with Gasteiger partial charge in [-0.3, -0.25) is 4.90 Å². The quantitative estimate of drug-likeness (QED) is 0.731. The minimum Gasteiger partial charge on any atom is -0.298 e. The highest BCUT2D eigenvalue weighted by Gasteiger charge is 2.38. The van der Waals surface area contributed by atoms with E-state index in [1.807, 2.05) is 0 Å². The van der Waals surface area contributed by atoms with Crippen molar-refractivity contribution in [3.8, 4) is 0 Å². The summed E-state index contributed by atoms with van der Waals surface area (Å²) in [7, 11) is -3.27. The molecule has 5 nitrogen and oxygen atoms in total. The summed E-state index contributed by atoms with van der Waals surface area (Å²) in [6.45, 7) is 4.61. The van der Waals surface area contributed by atoms with Crippen molar-refractivity contribution in [2.75, 3.05) is 45.1 Å². The molecule has 0 aromatic heterocycles. The Kier molecular flexibility index (Phi) is 5.11. The van der Waals surface area contributed by atoms with E-state index in [9.17, 15) is 8.42 Å². The number of piperidine rings is 2. The van der Waals surface area contributed by atoms with Crippen LogP contribution in [-0.2, 0) is 10.2 Å². The van der Waals surface area contributed by atoms with Gasteiger partial charge in [0.05, 0.1) is 0 Å². The van der Waals surface area contributed by atoms with E-state index in [0.29, 0.717) is 44.0 Å². The van der Waals surface area contributed by atoms with Gasteiger partial charge in [-0.1, -0.05) is 6.42 Å². The van der Waals surface area contributed by atoms with E-state index < -0.39 is 10.2 Å². The fraction of sp³-hybridized carbons (Fsp3) is 1.00. The van der Waals surface area contributed by atoms with Crippen LogP contribution in [0.5, 0.6) is 0 Å². The van der Waals surface area contributed by atoms with Crippen molar-refractivity contribution in [3.05, 3.63) is 0 Å². The Hall–Kier alpha value is 0.120. The molecule has 0 bridgehead atoms. The third-order valence-corrected chi connectivity index (χ3v) is 7.68. The molecule has 0 aromatic rings. The first-order valence-electron chi connectivity index (χ1n) is 8.16. The second-order valence-corrected chi connectivity index (χ2v) is 8.79. The SMILES string of the molecule is O=S(=O)(N1CCC(CCl)CC1)N1CCN2CCCCC2C1. The molecule has 0 spiro atoms. The van der Waals surface area contributed by atoms with Crippen molar-refractivity contribution >= 4 is 21.8 Å². The number of piperazine rings is 1. The average molecular weight is 336 g/mol. The molecule has 3 saturated heterocycles. The first kappa shape index (κ1) is 16.0. The Bertz CT molecular complexity index is 451. The summed E-state index contributed by atoms with van der Waals surface area (Å²) in [6.07, 6.45) is 5.42. The van der Waals surface area contributed by atoms with E-state index in [0.717, 1.165) is 32.4 Å². The van der Waals surface area contributed by atoms with Gasteiger partial charge < -0.3 is 0 Å². The molecule has 0 aliphatic carbocycles. The third-order valence-electron chi connectivity index (χ3n) is 5.24. The molecular weight excluding hydrogens is 310 g/mol. The molecule has 7 heteroatoms. The highest BCUT2D eigenvalue weighted by molar-refractivity contribution is 7.86. The topological polar surface area (TPSA) is 43.9 Å². The molecule has 0 N–H and O–H groups in total. The minimum absolute atomic E-state index is 0.433. The fourth-order valence-corrected chi connectivity index (χ4v) is 5.77. The van der Waals surface area contributed by atoms with Gasteiger partial charge >= 0.3 is 0 Å². The zero-order chi connectivity index (χ0) is 14.9. The molecule has 3 heterocycles. The Morgan fingerprint density at radius 1 is 0.905 bits per heavy atom. The standard InChI is InChI=1S/C14H26ClN3O2S/c15-11-13-4-7-17(8-5-13)21(19,20)18-10-9-16-6-2-1-3-14(16)12-18/h13-14H,1-12H2. The van der Waals surface area contributed by atoms with Crippen LogP contribution in [0, 0.1) is 5.92 Å². The van der Waals surface area contributed by atoms with Crippen LogP contribution < -0.4 is 0 Å². The van der Waals surface area contributed by atoms with E-state index in [1.165, 1.54) is 12.8 Å². The minimum atomic E-state index is -3.27. The molecule has 3 fully saturated rings. The predicted molar refractivity (Wildman–Crippen MR) is 84.7 cm³/mol. The monoisotopic (exact) mass is 335 g/mol. The number of hydrogen-bond donors (Lipinski definition) is 0. The molecule has 21 heavy (non-hydrogen) atoms. The molecule has 3 aliphatic rings. The maximum Gasteiger partial charge on any atom is 0.282 e. The van der Waals surface area contributed by atoms with Gasteiger partial charge in [0.25, 0.3) is 10.2 Å². The second-order valence-electron chi connectivity index (χ2n) is 6.55. The van der Waals surface area contributed by atoms with Crippen LogP contribution in [0.4, 0.5) is 0 Å². The van der Waals surface area contributed by atoms with Crippen LogP contribution in [0.25, 0.3) is 0 Å². The summed E-state index contributed by atoms with van der Waals surface area (Å²) in [6, 6.07) is 0.433. The highest BCUT2D eigenvalue weighted by atomic mass is 35.5. The molecular formula is C14H26ClN3O2S. The van der Waals surface area contributed by atoms with Gasteiger partial charge in [-0.2, -0.15) is 17.0 Å². The first-order valence-corrected chi connectivity index (χ1v) is 10.1. The molecule has 0 amide bonds. The molecule has 1 atom stereocenters. The number of hydrogen-bond acceptors (Lipinski definition) is 3. The molecule has 0 saturated carbocycles. The number of nitrogens with zero attached hydrogens (tertiary/aromatic N) is 3. The Labute approximate surface area is 133 Å². The molecule has 3 aliphatic heterocycles. The van der Waals surface area contributed by atoms with Crippen LogP contribution in [0.1, 0.15) is 32.1 Å². The smallest absolute Gasteiger partial charge is 0.282 e. The molecule has 0 radical (unpaired) electrons. The number of rotatable bonds is 3. The summed E-state index contributed by atoms with van der Waals surface area (Å²) in [5.74, 6) is 1.13. The van der Waals surface area contributed by atoms with Crippen LogP contribution in [0.15, 0.2) is 0 Å². The van der Waals surface area contributed by atoms with Crippen molar-refractivity contribution in [2.45, 2.75) is 38.1 Å². The van der Waals surface area contributed by atoms with E-state index in [4.69, 9.17) is 11.6 Å². The summed E-state index contributed by atoms with van der Waals surface area (Å²) >= 11 is 5.88. The van der Waals surface area contributed by atoms with Crippen molar-refractivity contribution in [3.63, 3.8) is 0 Å². The summed E-state index contributed by atoms with van der Waals surface area (Å²) < 4.78 is 29.0. The lowest BCUT2D eigenvalue weighted by molar-refractivity contribution is 0.0813. The van der Waals surface area contributed by atoms with E-state index in [1.54, 1.807) is 8.61 Å². The molecule has 1 unspecified atom stereocenters. The van der Waals surface area contributed by atoms with Crippen molar-refractivity contribution in [2.24, 2.45) is 5.92 Å². The van der Waals surface area contributed by atoms with Gasteiger partial charge in [-0.05, 0) is 38.1 Å². The van der Waals surface area contributed by atoms with Crippen LogP contribution in [-0.4, -0.2) is 73.1 Å². The van der Waals surface area contributed by atoms with E-state index in [2.05, 4.69) is 4.90 Å². The Morgan fingerprint density at radius 3 is 2.38 bits per heavy atom. The van der Waals surface area contributed by atoms with Crippen molar-refractivity contribution < 1.29 is 8.42 Å². The second kappa shape index (κ2) is 6.71. The zero-order valence-corrected chi connectivity index (χ0v) is 14.2. The Morgan fingerprint density at radius 2 is 1.67 bits per heavy atom. The normalized spacial score (nSPS) is 31.2. The van der Waals surface area contributed by atoms with Gasteiger partial charge in [-0.15, -0.1) is 11.6 Å². The van der Waals surface area contributed by atoms with E-state index in [-0.39, 0.29) is 0 Å². The Balaban J connectivity index is 1.62. The van der Waals surface area contributed by atoms with Gasteiger partial charge in [0.1, 0.15) is 0 Å². The number of fused-ring (bicyclic) bond motifs is 1. The first-order chi connectivity index (χ1) is 10.1. The average Bonchev–Trinajstić information content (AvgIpc) is 2.54. The molecule has 3 rings (SSSR count). The molecule has 0 aromatic carbocycles. The summed E-state index contributed by atoms with van der Waals surface area (Å²) in [4.78, 5) is 2.47. The van der Waals surface area contributed by atoms with Crippen LogP contribution in [0.3, 0.4) is 0 Å².